The van der Waals surface area contributed by atoms with Crippen molar-refractivity contribution in [1.29, 1.82) is 0 Å². The Morgan fingerprint density at radius 3 is 2.45 bits per heavy atom. The van der Waals surface area contributed by atoms with E-state index in [2.05, 4.69) is 5.32 Å². The number of rotatable bonds is 6. The van der Waals surface area contributed by atoms with Crippen LogP contribution < -0.4 is 10.1 Å². The monoisotopic (exact) mass is 408 g/mol. The number of alkyl halides is 3. The van der Waals surface area contributed by atoms with Gasteiger partial charge in [-0.3, -0.25) is 9.69 Å². The average Bonchev–Trinajstić information content (AvgIpc) is 2.69. The van der Waals surface area contributed by atoms with E-state index < -0.39 is 23.2 Å². The fraction of sp³-hybridized carbons (Fsp3) is 0.381. The number of ether oxygens (including phenoxy) is 1. The van der Waals surface area contributed by atoms with E-state index in [9.17, 15) is 23.1 Å². The van der Waals surface area contributed by atoms with E-state index in [1.54, 1.807) is 0 Å². The molecule has 2 N–H and O–H groups in total. The lowest BCUT2D eigenvalue weighted by Gasteiger charge is -2.37. The third-order valence-corrected chi connectivity index (χ3v) is 4.88. The maximum Gasteiger partial charge on any atom is 0.416 e. The van der Waals surface area contributed by atoms with Crippen LogP contribution in [-0.2, 0) is 11.0 Å². The van der Waals surface area contributed by atoms with Crippen molar-refractivity contribution in [1.82, 2.24) is 4.90 Å². The summed E-state index contributed by atoms with van der Waals surface area (Å²) in [7, 11) is 0. The van der Waals surface area contributed by atoms with E-state index in [4.69, 9.17) is 4.74 Å². The number of piperidine rings is 1. The number of hydrogen-bond acceptors (Lipinski definition) is 4. The molecule has 156 valence electrons. The van der Waals surface area contributed by atoms with Gasteiger partial charge in [-0.15, -0.1) is 0 Å². The van der Waals surface area contributed by atoms with E-state index in [-0.39, 0.29) is 18.8 Å². The molecule has 1 fully saturated rings. The van der Waals surface area contributed by atoms with Crippen molar-refractivity contribution >= 4 is 11.6 Å². The summed E-state index contributed by atoms with van der Waals surface area (Å²) in [6.45, 7) is 1.20. The molecule has 1 heterocycles. The number of amides is 1. The van der Waals surface area contributed by atoms with Gasteiger partial charge in [0.15, 0.2) is 0 Å². The second-order valence-electron chi connectivity index (χ2n) is 7.23. The molecule has 0 spiro atoms. The van der Waals surface area contributed by atoms with E-state index in [0.717, 1.165) is 12.1 Å². The molecule has 5 nitrogen and oxygen atoms in total. The third-order valence-electron chi connectivity index (χ3n) is 4.88. The maximum atomic E-state index is 12.8. The Hall–Kier alpha value is -2.58. The number of benzene rings is 2. The number of likely N-dealkylation sites (tertiary alicyclic amines) is 1. The summed E-state index contributed by atoms with van der Waals surface area (Å²) in [5.74, 6) is 0.291. The molecule has 0 saturated carbocycles. The predicted molar refractivity (Wildman–Crippen MR) is 103 cm³/mol. The van der Waals surface area contributed by atoms with Crippen LogP contribution in [0.15, 0.2) is 54.6 Å². The predicted octanol–water partition coefficient (Wildman–Crippen LogP) is 3.55. The molecule has 0 aromatic heterocycles. The van der Waals surface area contributed by atoms with Crippen molar-refractivity contribution in [3.63, 3.8) is 0 Å². The Balaban J connectivity index is 1.46. The summed E-state index contributed by atoms with van der Waals surface area (Å²) < 4.78 is 43.9. The molecule has 0 bridgehead atoms. The molecule has 3 rings (SSSR count). The van der Waals surface area contributed by atoms with Crippen LogP contribution in [0.3, 0.4) is 0 Å². The van der Waals surface area contributed by atoms with Gasteiger partial charge in [-0.05, 0) is 43.2 Å². The average molecular weight is 408 g/mol. The highest BCUT2D eigenvalue weighted by molar-refractivity contribution is 5.92. The lowest BCUT2D eigenvalue weighted by Crippen LogP contribution is -2.49. The molecule has 1 amide bonds. The second-order valence-corrected chi connectivity index (χ2v) is 7.23. The minimum Gasteiger partial charge on any atom is -0.491 e. The molecule has 1 aliphatic heterocycles. The van der Waals surface area contributed by atoms with Gasteiger partial charge in [0.2, 0.25) is 5.91 Å². The van der Waals surface area contributed by atoms with Gasteiger partial charge in [-0.2, -0.15) is 13.2 Å². The lowest BCUT2D eigenvalue weighted by atomic mass is 9.92. The number of nitrogens with zero attached hydrogens (tertiary/aromatic N) is 1. The number of carbonyl (C=O) groups is 1. The van der Waals surface area contributed by atoms with Crippen LogP contribution in [0.4, 0.5) is 18.9 Å². The van der Waals surface area contributed by atoms with Crippen molar-refractivity contribution in [2.24, 2.45) is 0 Å². The Kier molecular flexibility index (Phi) is 6.44. The van der Waals surface area contributed by atoms with Crippen LogP contribution in [0.2, 0.25) is 0 Å². The zero-order valence-electron chi connectivity index (χ0n) is 15.8. The highest BCUT2D eigenvalue weighted by Gasteiger charge is 2.34. The molecule has 2 aromatic rings. The van der Waals surface area contributed by atoms with Crippen molar-refractivity contribution in [3.8, 4) is 5.75 Å². The van der Waals surface area contributed by atoms with Crippen LogP contribution in [-0.4, -0.2) is 47.8 Å². The van der Waals surface area contributed by atoms with Crippen molar-refractivity contribution < 1.29 is 27.8 Å². The number of carbonyl (C=O) groups excluding carboxylic acids is 1. The zero-order chi connectivity index (χ0) is 20.9. The smallest absolute Gasteiger partial charge is 0.416 e. The van der Waals surface area contributed by atoms with Crippen LogP contribution in [0.1, 0.15) is 18.4 Å². The molecule has 0 unspecified atom stereocenters. The zero-order valence-corrected chi connectivity index (χ0v) is 15.8. The molecule has 0 atom stereocenters. The largest absolute Gasteiger partial charge is 0.491 e. The SMILES string of the molecule is O=C(CN1CCC(O)(COc2ccccc2)CC1)Nc1cccc(C(F)(F)F)c1. The van der Waals surface area contributed by atoms with Crippen LogP contribution in [0, 0.1) is 0 Å². The van der Waals surface area contributed by atoms with Gasteiger partial charge in [-0.1, -0.05) is 24.3 Å². The summed E-state index contributed by atoms with van der Waals surface area (Å²) in [5.41, 5.74) is -1.67. The summed E-state index contributed by atoms with van der Waals surface area (Å²) in [6, 6.07) is 13.8. The number of nitrogens with one attached hydrogen (secondary N) is 1. The second kappa shape index (κ2) is 8.84. The van der Waals surface area contributed by atoms with Crippen LogP contribution in [0.5, 0.6) is 5.75 Å². The van der Waals surface area contributed by atoms with Crippen LogP contribution >= 0.6 is 0 Å². The standard InChI is InChI=1S/C21H23F3N2O3/c22-21(23,24)16-5-4-6-17(13-16)25-19(27)14-26-11-9-20(28,10-12-26)15-29-18-7-2-1-3-8-18/h1-8,13,28H,9-12,14-15H2,(H,25,27). The lowest BCUT2D eigenvalue weighted by molar-refractivity contribution is -0.137. The normalized spacial score (nSPS) is 17.0. The molecule has 0 aliphatic carbocycles. The van der Waals surface area contributed by atoms with Gasteiger partial charge in [0, 0.05) is 18.8 Å². The van der Waals surface area contributed by atoms with Crippen molar-refractivity contribution in [2.45, 2.75) is 24.6 Å². The van der Waals surface area contributed by atoms with Crippen molar-refractivity contribution in [3.05, 3.63) is 60.2 Å². The minimum atomic E-state index is -4.46. The summed E-state index contributed by atoms with van der Waals surface area (Å²) in [4.78, 5) is 14.1. The first-order valence-corrected chi connectivity index (χ1v) is 9.33. The van der Waals surface area contributed by atoms with Crippen LogP contribution in [0.25, 0.3) is 0 Å². The van der Waals surface area contributed by atoms with E-state index in [0.29, 0.717) is 31.7 Å². The Labute approximate surface area is 167 Å². The number of para-hydroxylation sites is 1. The van der Waals surface area contributed by atoms with Gasteiger partial charge < -0.3 is 15.2 Å². The highest BCUT2D eigenvalue weighted by atomic mass is 19.4. The fourth-order valence-corrected chi connectivity index (χ4v) is 3.18. The summed E-state index contributed by atoms with van der Waals surface area (Å²) in [6.07, 6.45) is -3.58. The van der Waals surface area contributed by atoms with E-state index >= 15 is 0 Å². The Morgan fingerprint density at radius 1 is 1.10 bits per heavy atom. The number of anilines is 1. The molecule has 29 heavy (non-hydrogen) atoms. The minimum absolute atomic E-state index is 0.0475. The van der Waals surface area contributed by atoms with Gasteiger partial charge in [0.1, 0.15) is 18.0 Å². The van der Waals surface area contributed by atoms with E-state index in [1.807, 2.05) is 35.2 Å². The quantitative estimate of drug-likeness (QED) is 0.768. The number of hydrogen-bond donors (Lipinski definition) is 2. The van der Waals surface area contributed by atoms with E-state index in [1.165, 1.54) is 12.1 Å². The number of aliphatic hydroxyl groups is 1. The maximum absolute atomic E-state index is 12.8. The molecule has 1 saturated heterocycles. The van der Waals surface area contributed by atoms with Crippen molar-refractivity contribution in [2.75, 3.05) is 31.6 Å². The highest BCUT2D eigenvalue weighted by Crippen LogP contribution is 2.30. The first-order valence-electron chi connectivity index (χ1n) is 9.33. The first-order chi connectivity index (χ1) is 13.7. The molecule has 8 heteroatoms. The van der Waals surface area contributed by atoms with Gasteiger partial charge in [-0.25, -0.2) is 0 Å². The van der Waals surface area contributed by atoms with Gasteiger partial charge in [0.25, 0.3) is 0 Å². The molecular formula is C21H23F3N2O3. The molecule has 0 radical (unpaired) electrons. The van der Waals surface area contributed by atoms with Gasteiger partial charge >= 0.3 is 6.18 Å². The molecular weight excluding hydrogens is 385 g/mol. The molecule has 2 aromatic carbocycles. The summed E-state index contributed by atoms with van der Waals surface area (Å²) in [5, 5.41) is 13.2. The topological polar surface area (TPSA) is 61.8 Å². The van der Waals surface area contributed by atoms with Gasteiger partial charge in [0.05, 0.1) is 12.1 Å². The number of halogens is 3. The Bertz CT molecular complexity index is 819. The third kappa shape index (κ3) is 6.20. The molecule has 1 aliphatic rings. The first kappa shape index (κ1) is 21.1. The fourth-order valence-electron chi connectivity index (χ4n) is 3.18. The Morgan fingerprint density at radius 2 is 1.79 bits per heavy atom. The summed E-state index contributed by atoms with van der Waals surface area (Å²) >= 11 is 0.